The smallest absolute Gasteiger partial charge is 0.250 e. The Morgan fingerprint density at radius 2 is 1.92 bits per heavy atom. The molecule has 3 aromatic heterocycles. The quantitative estimate of drug-likeness (QED) is 0.322. The van der Waals surface area contributed by atoms with Gasteiger partial charge in [-0.05, 0) is 85.7 Å². The van der Waals surface area contributed by atoms with Crippen LogP contribution in [0.5, 0.6) is 0 Å². The third kappa shape index (κ3) is 5.16. The molecule has 1 aliphatic heterocycles. The Balaban J connectivity index is 1.54. The number of carbonyl (C=O) groups excluding carboxylic acids is 1. The largest absolute Gasteiger partial charge is 0.375 e. The lowest BCUT2D eigenvalue weighted by Crippen LogP contribution is -2.29. The van der Waals surface area contributed by atoms with Crippen LogP contribution < -0.4 is 15.5 Å². The highest BCUT2D eigenvalue weighted by atomic mass is 32.1. The molecule has 1 fully saturated rings. The van der Waals surface area contributed by atoms with Gasteiger partial charge in [0.1, 0.15) is 6.61 Å². The van der Waals surface area contributed by atoms with Crippen LogP contribution in [0.15, 0.2) is 79.3 Å². The van der Waals surface area contributed by atoms with E-state index in [-0.39, 0.29) is 24.6 Å². The summed E-state index contributed by atoms with van der Waals surface area (Å²) < 4.78 is 7.23. The molecule has 194 valence electrons. The number of hydrogen-bond acceptors (Lipinski definition) is 5. The number of carbonyl (C=O) groups is 1. The molecule has 1 aliphatic rings. The molecule has 0 bridgehead atoms. The molecule has 0 aliphatic carbocycles. The molecule has 0 spiro atoms. The number of methoxy groups -OCH3 is 1. The Hall–Kier alpha value is -4.08. The molecule has 8 nitrogen and oxygen atoms in total. The lowest BCUT2D eigenvalue weighted by atomic mass is 9.96. The molecular weight excluding hydrogens is 496 g/mol. The van der Waals surface area contributed by atoms with E-state index in [1.165, 1.54) is 12.7 Å². The molecule has 9 heteroatoms. The summed E-state index contributed by atoms with van der Waals surface area (Å²) in [6, 6.07) is 19.7. The third-order valence-electron chi connectivity index (χ3n) is 6.80. The highest BCUT2D eigenvalue weighted by Crippen LogP contribution is 2.43. The average Bonchev–Trinajstić information content (AvgIpc) is 3.41. The molecule has 0 saturated carbocycles. The molecule has 0 radical (unpaired) electrons. The topological polar surface area (TPSA) is 84.3 Å². The first-order valence-corrected chi connectivity index (χ1v) is 12.8. The first-order valence-electron chi connectivity index (χ1n) is 12.4. The van der Waals surface area contributed by atoms with Gasteiger partial charge in [0.15, 0.2) is 5.11 Å². The van der Waals surface area contributed by atoms with Crippen molar-refractivity contribution in [2.24, 2.45) is 0 Å². The fourth-order valence-electron chi connectivity index (χ4n) is 5.03. The number of benzene rings is 1. The van der Waals surface area contributed by atoms with Crippen molar-refractivity contribution in [1.29, 1.82) is 0 Å². The van der Waals surface area contributed by atoms with Gasteiger partial charge in [-0.2, -0.15) is 0 Å². The van der Waals surface area contributed by atoms with Crippen molar-refractivity contribution in [3.05, 3.63) is 107 Å². The predicted octanol–water partition coefficient (Wildman–Crippen LogP) is 4.71. The number of aryl methyl sites for hydroxylation is 1. The number of nitrogens with zero attached hydrogens (tertiary/aromatic N) is 4. The molecule has 4 heterocycles. The summed E-state index contributed by atoms with van der Waals surface area (Å²) in [6.45, 7) is 5.03. The zero-order valence-corrected chi connectivity index (χ0v) is 22.4. The molecular formula is C29H30N6O2S. The standard InChI is InChI=1S/C29H30N6O2S/c1-19-15-24(20(2)34(19)17-21-7-6-13-30-16-21)28-27(25-8-4-5-14-31-25)33-29(38)35(28)23-11-9-22(10-12-23)32-26(36)18-37-3/h4-16,27-28H,17-18H2,1-3H3,(H,32,36)(H,33,38)/t27-,28-/m0/s1. The van der Waals surface area contributed by atoms with E-state index in [0.29, 0.717) is 10.8 Å². The maximum absolute atomic E-state index is 12.0. The molecule has 1 saturated heterocycles. The normalized spacial score (nSPS) is 16.9. The van der Waals surface area contributed by atoms with Crippen LogP contribution in [0, 0.1) is 13.8 Å². The van der Waals surface area contributed by atoms with Crippen LogP contribution in [0.4, 0.5) is 11.4 Å². The van der Waals surface area contributed by atoms with Crippen molar-refractivity contribution in [2.75, 3.05) is 23.9 Å². The third-order valence-corrected chi connectivity index (χ3v) is 7.11. The van der Waals surface area contributed by atoms with E-state index in [4.69, 9.17) is 17.0 Å². The molecule has 1 aromatic carbocycles. The first kappa shape index (κ1) is 25.6. The number of aromatic nitrogens is 3. The van der Waals surface area contributed by atoms with Gasteiger partial charge in [0.05, 0.1) is 17.8 Å². The van der Waals surface area contributed by atoms with Crippen molar-refractivity contribution in [3.63, 3.8) is 0 Å². The van der Waals surface area contributed by atoms with Gasteiger partial charge in [-0.25, -0.2) is 0 Å². The van der Waals surface area contributed by atoms with Crippen molar-refractivity contribution in [1.82, 2.24) is 19.9 Å². The second-order valence-corrected chi connectivity index (χ2v) is 9.69. The highest BCUT2D eigenvalue weighted by molar-refractivity contribution is 7.80. The molecule has 2 atom stereocenters. The van der Waals surface area contributed by atoms with Gasteiger partial charge < -0.3 is 24.8 Å². The second kappa shape index (κ2) is 11.1. The van der Waals surface area contributed by atoms with Gasteiger partial charge in [0.25, 0.3) is 0 Å². The van der Waals surface area contributed by atoms with Gasteiger partial charge in [0.2, 0.25) is 5.91 Å². The van der Waals surface area contributed by atoms with E-state index >= 15 is 0 Å². The fraction of sp³-hybridized carbons (Fsp3) is 0.241. The lowest BCUT2D eigenvalue weighted by molar-refractivity contribution is -0.119. The molecule has 2 N–H and O–H groups in total. The average molecular weight is 527 g/mol. The SMILES string of the molecule is COCC(=O)Nc1ccc(N2C(=S)N[C@@H](c3ccccn3)[C@@H]2c2cc(C)n(Cc3cccnc3)c2C)cc1. The van der Waals surface area contributed by atoms with E-state index in [1.54, 1.807) is 6.20 Å². The summed E-state index contributed by atoms with van der Waals surface area (Å²) in [4.78, 5) is 23.0. The van der Waals surface area contributed by atoms with Crippen LogP contribution in [-0.4, -0.2) is 39.3 Å². The Bertz CT molecular complexity index is 1420. The van der Waals surface area contributed by atoms with Crippen LogP contribution in [0.2, 0.25) is 0 Å². The van der Waals surface area contributed by atoms with Gasteiger partial charge in [-0.3, -0.25) is 14.8 Å². The molecule has 38 heavy (non-hydrogen) atoms. The van der Waals surface area contributed by atoms with Crippen LogP contribution in [0.3, 0.4) is 0 Å². The number of thiocarbonyl (C=S) groups is 1. The van der Waals surface area contributed by atoms with Gasteiger partial charge in [0, 0.05) is 55.0 Å². The summed E-state index contributed by atoms with van der Waals surface area (Å²) in [5.41, 5.74) is 7.18. The second-order valence-electron chi connectivity index (χ2n) is 9.30. The van der Waals surface area contributed by atoms with E-state index in [1.807, 2.05) is 60.9 Å². The van der Waals surface area contributed by atoms with E-state index in [9.17, 15) is 4.79 Å². The lowest BCUT2D eigenvalue weighted by Gasteiger charge is -2.28. The zero-order chi connectivity index (χ0) is 26.6. The van der Waals surface area contributed by atoms with Crippen LogP contribution in [0.1, 0.15) is 40.3 Å². The van der Waals surface area contributed by atoms with Crippen molar-refractivity contribution in [2.45, 2.75) is 32.5 Å². The minimum atomic E-state index is -0.201. The zero-order valence-electron chi connectivity index (χ0n) is 21.6. The first-order chi connectivity index (χ1) is 18.5. The van der Waals surface area contributed by atoms with Gasteiger partial charge >= 0.3 is 0 Å². The van der Waals surface area contributed by atoms with Crippen LogP contribution >= 0.6 is 12.2 Å². The molecule has 1 amide bonds. The minimum absolute atomic E-state index is 0.00434. The van der Waals surface area contributed by atoms with Crippen LogP contribution in [0.25, 0.3) is 0 Å². The summed E-state index contributed by atoms with van der Waals surface area (Å²) >= 11 is 5.89. The Kier molecular flexibility index (Phi) is 7.48. The Labute approximate surface area is 227 Å². The number of nitrogens with one attached hydrogen (secondary N) is 2. The Morgan fingerprint density at radius 1 is 1.11 bits per heavy atom. The number of rotatable bonds is 8. The van der Waals surface area contributed by atoms with Gasteiger partial charge in [-0.15, -0.1) is 0 Å². The predicted molar refractivity (Wildman–Crippen MR) is 152 cm³/mol. The van der Waals surface area contributed by atoms with Crippen molar-refractivity contribution in [3.8, 4) is 0 Å². The van der Waals surface area contributed by atoms with E-state index in [0.717, 1.165) is 34.9 Å². The number of hydrogen-bond donors (Lipinski definition) is 2. The molecule has 4 aromatic rings. The number of pyridine rings is 2. The number of amides is 1. The van der Waals surface area contributed by atoms with Gasteiger partial charge in [-0.1, -0.05) is 12.1 Å². The summed E-state index contributed by atoms with van der Waals surface area (Å²) in [7, 11) is 1.50. The number of anilines is 2. The monoisotopic (exact) mass is 526 g/mol. The fourth-order valence-corrected chi connectivity index (χ4v) is 5.37. The Morgan fingerprint density at radius 3 is 2.61 bits per heavy atom. The van der Waals surface area contributed by atoms with Crippen molar-refractivity contribution < 1.29 is 9.53 Å². The summed E-state index contributed by atoms with van der Waals surface area (Å²) in [5.74, 6) is -0.201. The highest BCUT2D eigenvalue weighted by Gasteiger charge is 2.42. The van der Waals surface area contributed by atoms with E-state index < -0.39 is 0 Å². The van der Waals surface area contributed by atoms with Crippen molar-refractivity contribution >= 4 is 34.6 Å². The summed E-state index contributed by atoms with van der Waals surface area (Å²) in [5, 5.41) is 6.99. The molecule has 5 rings (SSSR count). The minimum Gasteiger partial charge on any atom is -0.375 e. The maximum Gasteiger partial charge on any atom is 0.250 e. The maximum atomic E-state index is 12.0. The van der Waals surface area contributed by atoms with Crippen LogP contribution in [-0.2, 0) is 16.1 Å². The summed E-state index contributed by atoms with van der Waals surface area (Å²) in [6.07, 6.45) is 5.50. The number of ether oxygens (including phenoxy) is 1. The molecule has 0 unspecified atom stereocenters. The van der Waals surface area contributed by atoms with E-state index in [2.05, 4.69) is 56.0 Å².